The predicted octanol–water partition coefficient (Wildman–Crippen LogP) is 5.84. The third-order valence-corrected chi connectivity index (χ3v) is 11.5. The number of nitrogens with zero attached hydrogens (tertiary/aromatic N) is 1. The minimum absolute atomic E-state index is 0.0666. The van der Waals surface area contributed by atoms with Crippen molar-refractivity contribution in [2.24, 2.45) is 40.3 Å². The summed E-state index contributed by atoms with van der Waals surface area (Å²) in [5, 5.41) is 9.80. The average Bonchev–Trinajstić information content (AvgIpc) is 3.05. The quantitative estimate of drug-likeness (QED) is 0.0377. The van der Waals surface area contributed by atoms with E-state index < -0.39 is 44.6 Å². The van der Waals surface area contributed by atoms with Crippen molar-refractivity contribution in [3.8, 4) is 0 Å². The summed E-state index contributed by atoms with van der Waals surface area (Å²) in [6, 6.07) is 5.99. The number of likely N-dealkylation sites (tertiary alicyclic amines) is 1. The molecule has 1 aliphatic carbocycles. The van der Waals surface area contributed by atoms with Crippen molar-refractivity contribution >= 4 is 27.7 Å². The molecule has 0 spiro atoms. The van der Waals surface area contributed by atoms with E-state index in [2.05, 4.69) is 24.3 Å². The number of carbonyl (C=O) groups is 3. The van der Waals surface area contributed by atoms with E-state index in [4.69, 9.17) is 10.4 Å². The summed E-state index contributed by atoms with van der Waals surface area (Å²) >= 11 is 0. The standard InChI is InChI=1S/C29H54N4O4.C7H8O3S/c1-6-15-29(20-21(2)3,27(36)31-30)25(34)24(28(4)16-18-33(5)19-17-28)23(26(35)32-37)14-10-13-22-11-8-7-9-12-22;1-6-2-4-7(5-3-6)11(8,9)10/h21-24,37H,6-20,30H2,1-5H3,(H,31,36)(H,32,35);2-5H,1H3,(H,8,9,10)/t23?,24-,29?;/m0./s1. The molecule has 1 aromatic rings. The average molecular weight is 695 g/mol. The van der Waals surface area contributed by atoms with Gasteiger partial charge in [-0.15, -0.1) is 0 Å². The van der Waals surface area contributed by atoms with E-state index in [0.717, 1.165) is 44.3 Å². The Morgan fingerprint density at radius 2 is 1.67 bits per heavy atom. The van der Waals surface area contributed by atoms with Gasteiger partial charge in [0.2, 0.25) is 11.8 Å². The number of Topliss-reactive ketones (excluding diaryl/α,β-unsaturated/α-hetero) is 1. The summed E-state index contributed by atoms with van der Waals surface area (Å²) in [6.45, 7) is 11.6. The topological polar surface area (TPSA) is 179 Å². The van der Waals surface area contributed by atoms with Gasteiger partial charge >= 0.3 is 0 Å². The monoisotopic (exact) mass is 694 g/mol. The van der Waals surface area contributed by atoms with Gasteiger partial charge in [0.15, 0.2) is 5.78 Å². The van der Waals surface area contributed by atoms with Crippen molar-refractivity contribution in [2.75, 3.05) is 20.1 Å². The van der Waals surface area contributed by atoms with E-state index in [1.165, 1.54) is 44.2 Å². The van der Waals surface area contributed by atoms with Crippen LogP contribution in [0.15, 0.2) is 29.2 Å². The van der Waals surface area contributed by atoms with E-state index in [1.807, 2.05) is 33.2 Å². The van der Waals surface area contributed by atoms with Crippen molar-refractivity contribution in [1.29, 1.82) is 0 Å². The van der Waals surface area contributed by atoms with Gasteiger partial charge < -0.3 is 4.90 Å². The Bertz CT molecular complexity index is 1270. The normalized spacial score (nSPS) is 19.7. The van der Waals surface area contributed by atoms with Gasteiger partial charge in [0.05, 0.1) is 10.8 Å². The third kappa shape index (κ3) is 11.6. The highest BCUT2D eigenvalue weighted by molar-refractivity contribution is 7.85. The Morgan fingerprint density at radius 1 is 1.08 bits per heavy atom. The second-order valence-electron chi connectivity index (χ2n) is 15.0. The van der Waals surface area contributed by atoms with Crippen LogP contribution in [-0.4, -0.2) is 60.8 Å². The van der Waals surface area contributed by atoms with Crippen molar-refractivity contribution in [3.05, 3.63) is 29.8 Å². The molecule has 12 heteroatoms. The second kappa shape index (κ2) is 19.1. The Hall–Kier alpha value is -2.38. The minimum atomic E-state index is -4.02. The van der Waals surface area contributed by atoms with Crippen molar-refractivity contribution < 1.29 is 32.6 Å². The summed E-state index contributed by atoms with van der Waals surface area (Å²) in [4.78, 5) is 43.7. The van der Waals surface area contributed by atoms with E-state index in [9.17, 15) is 28.0 Å². The summed E-state index contributed by atoms with van der Waals surface area (Å²) in [6.07, 6.45) is 11.6. The Balaban J connectivity index is 0.000000613. The Morgan fingerprint density at radius 3 is 2.15 bits per heavy atom. The molecule has 1 aliphatic heterocycles. The van der Waals surface area contributed by atoms with Crippen LogP contribution in [0.2, 0.25) is 0 Å². The van der Waals surface area contributed by atoms with Crippen LogP contribution in [0.25, 0.3) is 0 Å². The molecule has 2 fully saturated rings. The molecule has 11 nitrogen and oxygen atoms in total. The van der Waals surface area contributed by atoms with Gasteiger partial charge in [-0.25, -0.2) is 11.3 Å². The van der Waals surface area contributed by atoms with Gasteiger partial charge in [-0.05, 0) is 88.5 Å². The molecular formula is C36H62N4O7S. The molecule has 1 aromatic carbocycles. The largest absolute Gasteiger partial charge is 0.306 e. The van der Waals surface area contributed by atoms with E-state index in [0.29, 0.717) is 31.6 Å². The number of piperidine rings is 1. The zero-order chi connectivity index (χ0) is 36.1. The number of rotatable bonds is 15. The Kier molecular flexibility index (Phi) is 16.7. The number of aryl methyl sites for hydroxylation is 1. The molecule has 0 radical (unpaired) electrons. The first kappa shape index (κ1) is 41.8. The van der Waals surface area contributed by atoms with Crippen molar-refractivity contribution in [1.82, 2.24) is 15.8 Å². The maximum Gasteiger partial charge on any atom is 0.294 e. The molecule has 6 N–H and O–H groups in total. The van der Waals surface area contributed by atoms with Crippen LogP contribution in [0.4, 0.5) is 0 Å². The van der Waals surface area contributed by atoms with Gasteiger partial charge in [-0.1, -0.05) is 96.8 Å². The van der Waals surface area contributed by atoms with E-state index >= 15 is 0 Å². The minimum Gasteiger partial charge on any atom is -0.306 e. The number of hydrogen-bond acceptors (Lipinski definition) is 8. The van der Waals surface area contributed by atoms with Crippen LogP contribution in [0.1, 0.15) is 117 Å². The zero-order valence-corrected chi connectivity index (χ0v) is 30.9. The highest BCUT2D eigenvalue weighted by Crippen LogP contribution is 2.49. The maximum atomic E-state index is 14.8. The molecule has 48 heavy (non-hydrogen) atoms. The first-order valence-electron chi connectivity index (χ1n) is 17.8. The van der Waals surface area contributed by atoms with Crippen molar-refractivity contribution in [2.45, 2.75) is 123 Å². The Labute approximate surface area is 288 Å². The van der Waals surface area contributed by atoms with Gasteiger partial charge in [0.25, 0.3) is 10.1 Å². The molecule has 0 aromatic heterocycles. The van der Waals surface area contributed by atoms with Crippen LogP contribution >= 0.6 is 0 Å². The molecule has 1 saturated heterocycles. The number of nitrogens with one attached hydrogen (secondary N) is 2. The van der Waals surface area contributed by atoms with Crippen molar-refractivity contribution in [3.63, 3.8) is 0 Å². The van der Waals surface area contributed by atoms with Crippen LogP contribution in [0.5, 0.6) is 0 Å². The molecule has 2 aliphatic rings. The molecule has 1 saturated carbocycles. The lowest BCUT2D eigenvalue weighted by molar-refractivity contribution is -0.157. The van der Waals surface area contributed by atoms with Crippen LogP contribution in [-0.2, 0) is 24.5 Å². The molecule has 1 heterocycles. The fourth-order valence-corrected chi connectivity index (χ4v) is 8.45. The lowest BCUT2D eigenvalue weighted by Crippen LogP contribution is -2.57. The lowest BCUT2D eigenvalue weighted by atomic mass is 9.56. The number of nitrogens with two attached hydrogens (primary N) is 1. The first-order chi connectivity index (χ1) is 22.5. The van der Waals surface area contributed by atoms with Crippen LogP contribution in [0, 0.1) is 41.4 Å². The number of carbonyl (C=O) groups excluding carboxylic acids is 3. The highest BCUT2D eigenvalue weighted by atomic mass is 32.2. The molecule has 3 atom stereocenters. The van der Waals surface area contributed by atoms with E-state index in [-0.39, 0.29) is 16.6 Å². The predicted molar refractivity (Wildman–Crippen MR) is 187 cm³/mol. The second-order valence-corrected chi connectivity index (χ2v) is 16.4. The van der Waals surface area contributed by atoms with Gasteiger partial charge in [-0.2, -0.15) is 8.42 Å². The molecule has 2 unspecified atom stereocenters. The number of amides is 2. The smallest absolute Gasteiger partial charge is 0.294 e. The number of benzene rings is 1. The zero-order valence-electron chi connectivity index (χ0n) is 30.1. The summed E-state index contributed by atoms with van der Waals surface area (Å²) in [7, 11) is -1.95. The summed E-state index contributed by atoms with van der Waals surface area (Å²) in [5.41, 5.74) is 3.39. The molecule has 2 amide bonds. The lowest BCUT2D eigenvalue weighted by Gasteiger charge is -2.48. The van der Waals surface area contributed by atoms with Crippen LogP contribution < -0.4 is 16.7 Å². The number of hydrazine groups is 1. The third-order valence-electron chi connectivity index (χ3n) is 10.7. The highest BCUT2D eigenvalue weighted by Gasteiger charge is 2.55. The molecule has 0 bridgehead atoms. The van der Waals surface area contributed by atoms with E-state index in [1.54, 1.807) is 12.1 Å². The van der Waals surface area contributed by atoms with Gasteiger partial charge in [-0.3, -0.25) is 29.6 Å². The van der Waals surface area contributed by atoms with Gasteiger partial charge in [0, 0.05) is 5.92 Å². The summed E-state index contributed by atoms with van der Waals surface area (Å²) in [5.74, 6) is 3.93. The van der Waals surface area contributed by atoms with Crippen LogP contribution in [0.3, 0.4) is 0 Å². The molecule has 3 rings (SSSR count). The maximum absolute atomic E-state index is 14.8. The van der Waals surface area contributed by atoms with Gasteiger partial charge in [0.1, 0.15) is 5.41 Å². The molecule has 274 valence electrons. The fourth-order valence-electron chi connectivity index (χ4n) is 7.97. The number of ketones is 1. The number of hydroxylamine groups is 1. The SMILES string of the molecule is CCCC(CC(C)C)(C(=O)NN)C(=O)[C@H](C(CCCC1CCCCC1)C(=O)NO)C1(C)CCN(C)CC1.Cc1ccc(S(=O)(=O)O)cc1. The summed E-state index contributed by atoms with van der Waals surface area (Å²) < 4.78 is 29.6. The number of hydrogen-bond donors (Lipinski definition) is 5. The first-order valence-corrected chi connectivity index (χ1v) is 19.2. The fraction of sp³-hybridized carbons (Fsp3) is 0.750. The molecular weight excluding hydrogens is 632 g/mol.